The maximum atomic E-state index is 12.4. The van der Waals surface area contributed by atoms with Gasteiger partial charge in [0.2, 0.25) is 0 Å². The first kappa shape index (κ1) is 16.6. The molecule has 0 fully saturated rings. The van der Waals surface area contributed by atoms with Crippen molar-refractivity contribution in [3.8, 4) is 17.3 Å². The van der Waals surface area contributed by atoms with Crippen LogP contribution in [-0.4, -0.2) is 18.4 Å². The number of nitriles is 1. The lowest BCUT2D eigenvalue weighted by atomic mass is 10.1. The molecule has 2 heterocycles. The fourth-order valence-electron chi connectivity index (χ4n) is 2.22. The van der Waals surface area contributed by atoms with E-state index in [1.54, 1.807) is 55.5 Å². The van der Waals surface area contributed by atoms with E-state index in [1.807, 2.05) is 6.07 Å². The average molecular weight is 350 g/mol. The predicted octanol–water partition coefficient (Wildman–Crippen LogP) is 3.12. The molecule has 3 rings (SSSR count). The molecule has 0 aliphatic carbocycles. The van der Waals surface area contributed by atoms with Gasteiger partial charge in [-0.2, -0.15) is 5.26 Å². The standard InChI is InChI=1S/C18H14N4O2S/c1-13-3-2-4-18(21-13)22-25(23,24)16-9-10-17(20-12-16)15-7-5-14(11-19)6-8-15/h2-10,12H,1H3,(H,21,22). The van der Waals surface area contributed by atoms with Gasteiger partial charge >= 0.3 is 0 Å². The molecule has 1 N–H and O–H groups in total. The fraction of sp³-hybridized carbons (Fsp3) is 0.0556. The van der Waals surface area contributed by atoms with Crippen LogP contribution in [0.3, 0.4) is 0 Å². The molecular weight excluding hydrogens is 336 g/mol. The SMILES string of the molecule is Cc1cccc(NS(=O)(=O)c2ccc(-c3ccc(C#N)cc3)nc2)n1. The third-order valence-corrected chi connectivity index (χ3v) is 4.82. The second-order valence-corrected chi connectivity index (χ2v) is 7.02. The van der Waals surface area contributed by atoms with E-state index >= 15 is 0 Å². The van der Waals surface area contributed by atoms with Crippen LogP contribution in [0.5, 0.6) is 0 Å². The van der Waals surface area contributed by atoms with E-state index in [-0.39, 0.29) is 10.7 Å². The topological polar surface area (TPSA) is 95.7 Å². The van der Waals surface area contributed by atoms with Gasteiger partial charge in [0.05, 0.1) is 17.3 Å². The first-order chi connectivity index (χ1) is 12.0. The molecule has 0 spiro atoms. The van der Waals surface area contributed by atoms with E-state index in [0.717, 1.165) is 11.3 Å². The van der Waals surface area contributed by atoms with Crippen molar-refractivity contribution in [3.05, 3.63) is 72.1 Å². The van der Waals surface area contributed by atoms with E-state index < -0.39 is 10.0 Å². The van der Waals surface area contributed by atoms with Gasteiger partial charge in [-0.05, 0) is 43.3 Å². The predicted molar refractivity (Wildman–Crippen MR) is 94.2 cm³/mol. The molecule has 0 aliphatic heterocycles. The van der Waals surface area contributed by atoms with E-state index in [4.69, 9.17) is 5.26 Å². The van der Waals surface area contributed by atoms with Crippen LogP contribution < -0.4 is 4.72 Å². The normalized spacial score (nSPS) is 10.9. The van der Waals surface area contributed by atoms with Crippen molar-refractivity contribution in [1.29, 1.82) is 5.26 Å². The maximum Gasteiger partial charge on any atom is 0.264 e. The molecule has 0 aliphatic rings. The first-order valence-corrected chi connectivity index (χ1v) is 8.89. The second kappa shape index (κ2) is 6.71. The van der Waals surface area contributed by atoms with Crippen molar-refractivity contribution in [2.45, 2.75) is 11.8 Å². The Morgan fingerprint density at radius 3 is 2.40 bits per heavy atom. The monoisotopic (exact) mass is 350 g/mol. The third-order valence-electron chi connectivity index (χ3n) is 3.48. The molecule has 0 radical (unpaired) electrons. The molecule has 0 atom stereocenters. The van der Waals surface area contributed by atoms with E-state index in [9.17, 15) is 8.42 Å². The van der Waals surface area contributed by atoms with Crippen LogP contribution in [0.2, 0.25) is 0 Å². The minimum atomic E-state index is -3.76. The summed E-state index contributed by atoms with van der Waals surface area (Å²) in [7, 11) is -3.76. The highest BCUT2D eigenvalue weighted by Gasteiger charge is 2.15. The van der Waals surface area contributed by atoms with Gasteiger partial charge in [-0.3, -0.25) is 9.71 Å². The molecular formula is C18H14N4O2S. The Morgan fingerprint density at radius 2 is 1.80 bits per heavy atom. The highest BCUT2D eigenvalue weighted by atomic mass is 32.2. The average Bonchev–Trinajstić information content (AvgIpc) is 2.61. The Balaban J connectivity index is 1.84. The number of sulfonamides is 1. The van der Waals surface area contributed by atoms with Gasteiger partial charge in [0.15, 0.2) is 0 Å². The van der Waals surface area contributed by atoms with Crippen molar-refractivity contribution >= 4 is 15.8 Å². The Hall–Kier alpha value is -3.24. The molecule has 2 aromatic heterocycles. The van der Waals surface area contributed by atoms with Gasteiger partial charge in [-0.25, -0.2) is 13.4 Å². The van der Waals surface area contributed by atoms with Crippen LogP contribution in [0.25, 0.3) is 11.3 Å². The van der Waals surface area contributed by atoms with Gasteiger partial charge in [0, 0.05) is 17.5 Å². The van der Waals surface area contributed by atoms with E-state index in [1.165, 1.54) is 12.3 Å². The lowest BCUT2D eigenvalue weighted by Gasteiger charge is -2.08. The fourth-order valence-corrected chi connectivity index (χ4v) is 3.17. The number of pyridine rings is 2. The summed E-state index contributed by atoms with van der Waals surface area (Å²) < 4.78 is 27.3. The Morgan fingerprint density at radius 1 is 1.04 bits per heavy atom. The molecule has 25 heavy (non-hydrogen) atoms. The zero-order valence-electron chi connectivity index (χ0n) is 13.3. The van der Waals surface area contributed by atoms with Crippen LogP contribution in [0, 0.1) is 18.3 Å². The van der Waals surface area contributed by atoms with Gasteiger partial charge in [0.1, 0.15) is 10.7 Å². The lowest BCUT2D eigenvalue weighted by Crippen LogP contribution is -2.14. The number of aromatic nitrogens is 2. The quantitative estimate of drug-likeness (QED) is 0.780. The summed E-state index contributed by atoms with van der Waals surface area (Å²) in [5.74, 6) is 0.260. The van der Waals surface area contributed by atoms with Gasteiger partial charge < -0.3 is 0 Å². The van der Waals surface area contributed by atoms with Gasteiger partial charge in [-0.1, -0.05) is 18.2 Å². The highest BCUT2D eigenvalue weighted by Crippen LogP contribution is 2.20. The number of hydrogen-bond acceptors (Lipinski definition) is 5. The van der Waals surface area contributed by atoms with Crippen LogP contribution in [-0.2, 0) is 10.0 Å². The summed E-state index contributed by atoms with van der Waals surface area (Å²) in [6, 6.07) is 17.2. The Kier molecular flexibility index (Phi) is 4.46. The molecule has 1 aromatic carbocycles. The summed E-state index contributed by atoms with van der Waals surface area (Å²) in [5, 5.41) is 8.82. The summed E-state index contributed by atoms with van der Waals surface area (Å²) in [5.41, 5.74) is 2.70. The van der Waals surface area contributed by atoms with E-state index in [2.05, 4.69) is 14.7 Å². The molecule has 7 heteroatoms. The molecule has 124 valence electrons. The third kappa shape index (κ3) is 3.82. The van der Waals surface area contributed by atoms with Crippen LogP contribution in [0.1, 0.15) is 11.3 Å². The van der Waals surface area contributed by atoms with Gasteiger partial charge in [-0.15, -0.1) is 0 Å². The smallest absolute Gasteiger partial charge is 0.263 e. The number of hydrogen-bond donors (Lipinski definition) is 1. The minimum absolute atomic E-state index is 0.0493. The molecule has 3 aromatic rings. The van der Waals surface area contributed by atoms with Crippen LogP contribution >= 0.6 is 0 Å². The number of nitrogens with one attached hydrogen (secondary N) is 1. The number of anilines is 1. The number of aryl methyl sites for hydroxylation is 1. The second-order valence-electron chi connectivity index (χ2n) is 5.34. The largest absolute Gasteiger partial charge is 0.264 e. The molecule has 0 bridgehead atoms. The highest BCUT2D eigenvalue weighted by molar-refractivity contribution is 7.92. The van der Waals surface area contributed by atoms with Gasteiger partial charge in [0.25, 0.3) is 10.0 Å². The zero-order chi connectivity index (χ0) is 17.9. The van der Waals surface area contributed by atoms with Crippen molar-refractivity contribution in [2.24, 2.45) is 0 Å². The molecule has 0 saturated carbocycles. The molecule has 6 nitrogen and oxygen atoms in total. The lowest BCUT2D eigenvalue weighted by molar-refractivity contribution is 0.600. The summed E-state index contributed by atoms with van der Waals surface area (Å²) in [6.45, 7) is 1.78. The molecule has 0 amide bonds. The minimum Gasteiger partial charge on any atom is -0.263 e. The first-order valence-electron chi connectivity index (χ1n) is 7.41. The Labute approximate surface area is 145 Å². The molecule has 0 saturated heterocycles. The van der Waals surface area contributed by atoms with Crippen molar-refractivity contribution in [3.63, 3.8) is 0 Å². The van der Waals surface area contributed by atoms with Crippen molar-refractivity contribution < 1.29 is 8.42 Å². The molecule has 0 unspecified atom stereocenters. The summed E-state index contributed by atoms with van der Waals surface area (Å²) in [4.78, 5) is 8.38. The number of rotatable bonds is 4. The number of benzene rings is 1. The summed E-state index contributed by atoms with van der Waals surface area (Å²) >= 11 is 0. The van der Waals surface area contributed by atoms with Crippen LogP contribution in [0.4, 0.5) is 5.82 Å². The summed E-state index contributed by atoms with van der Waals surface area (Å²) in [6.07, 6.45) is 1.30. The zero-order valence-corrected chi connectivity index (χ0v) is 14.2. The van der Waals surface area contributed by atoms with Crippen molar-refractivity contribution in [2.75, 3.05) is 4.72 Å². The number of nitrogens with zero attached hydrogens (tertiary/aromatic N) is 3. The van der Waals surface area contributed by atoms with Crippen molar-refractivity contribution in [1.82, 2.24) is 9.97 Å². The Bertz CT molecular complexity index is 1040. The van der Waals surface area contributed by atoms with E-state index in [0.29, 0.717) is 11.3 Å². The van der Waals surface area contributed by atoms with Crippen LogP contribution in [0.15, 0.2) is 65.7 Å². The maximum absolute atomic E-state index is 12.4.